The van der Waals surface area contributed by atoms with E-state index < -0.39 is 0 Å². The third-order valence-electron chi connectivity index (χ3n) is 4.13. The van der Waals surface area contributed by atoms with Crippen molar-refractivity contribution in [1.82, 2.24) is 5.32 Å². The zero-order valence-electron chi connectivity index (χ0n) is 12.8. The van der Waals surface area contributed by atoms with Crippen LogP contribution in [0.5, 0.6) is 11.5 Å². The standard InChI is InChI=1S/C17H23NO3/c1-17(2)10-12-6-5-9-14(16(12)21-17)20-11-15(19)18-13-7-3-4-8-13/h5-6,9,13H,3-4,7-8,10-11H2,1-2H3,(H,18,19). The molecule has 4 heteroatoms. The lowest BCUT2D eigenvalue weighted by atomic mass is 10.0. The minimum absolute atomic E-state index is 0.0447. The van der Waals surface area contributed by atoms with E-state index in [2.05, 4.69) is 25.2 Å². The van der Waals surface area contributed by atoms with Crippen molar-refractivity contribution in [2.75, 3.05) is 6.61 Å². The van der Waals surface area contributed by atoms with E-state index >= 15 is 0 Å². The van der Waals surface area contributed by atoms with E-state index in [0.717, 1.165) is 30.6 Å². The summed E-state index contributed by atoms with van der Waals surface area (Å²) < 4.78 is 11.6. The molecule has 0 unspecified atom stereocenters. The van der Waals surface area contributed by atoms with Crippen LogP contribution in [0.1, 0.15) is 45.1 Å². The number of benzene rings is 1. The van der Waals surface area contributed by atoms with E-state index in [1.54, 1.807) is 0 Å². The van der Waals surface area contributed by atoms with E-state index in [1.807, 2.05) is 12.1 Å². The number of carbonyl (C=O) groups is 1. The summed E-state index contributed by atoms with van der Waals surface area (Å²) >= 11 is 0. The normalized spacial score (nSPS) is 19.9. The fraction of sp³-hybridized carbons (Fsp3) is 0.588. The van der Waals surface area contributed by atoms with Gasteiger partial charge >= 0.3 is 0 Å². The SMILES string of the molecule is CC1(C)Cc2cccc(OCC(=O)NC3CCCC3)c2O1. The van der Waals surface area contributed by atoms with E-state index in [0.29, 0.717) is 11.8 Å². The zero-order chi connectivity index (χ0) is 14.9. The number of ether oxygens (including phenoxy) is 2. The van der Waals surface area contributed by atoms with Gasteiger partial charge in [0.25, 0.3) is 5.91 Å². The predicted molar refractivity (Wildman–Crippen MR) is 80.7 cm³/mol. The van der Waals surface area contributed by atoms with Crippen LogP contribution in [0.3, 0.4) is 0 Å². The Labute approximate surface area is 125 Å². The zero-order valence-corrected chi connectivity index (χ0v) is 12.8. The highest BCUT2D eigenvalue weighted by Crippen LogP contribution is 2.41. The largest absolute Gasteiger partial charge is 0.483 e. The summed E-state index contributed by atoms with van der Waals surface area (Å²) in [6.45, 7) is 4.17. The quantitative estimate of drug-likeness (QED) is 0.927. The monoisotopic (exact) mass is 289 g/mol. The van der Waals surface area contributed by atoms with Crippen molar-refractivity contribution in [3.05, 3.63) is 23.8 Å². The molecular weight excluding hydrogens is 266 g/mol. The van der Waals surface area contributed by atoms with Crippen LogP contribution in [-0.4, -0.2) is 24.2 Å². The predicted octanol–water partition coefficient (Wildman–Crippen LogP) is 2.84. The molecule has 1 heterocycles. The average molecular weight is 289 g/mol. The number of hydrogen-bond donors (Lipinski definition) is 1. The number of amides is 1. The van der Waals surface area contributed by atoms with Gasteiger partial charge in [0, 0.05) is 18.0 Å². The molecule has 0 bridgehead atoms. The molecule has 0 aromatic heterocycles. The Bertz CT molecular complexity index is 533. The lowest BCUT2D eigenvalue weighted by Crippen LogP contribution is -2.36. The van der Waals surface area contributed by atoms with Gasteiger partial charge < -0.3 is 14.8 Å². The maximum Gasteiger partial charge on any atom is 0.258 e. The van der Waals surface area contributed by atoms with Gasteiger partial charge in [0.2, 0.25) is 0 Å². The van der Waals surface area contributed by atoms with Crippen molar-refractivity contribution >= 4 is 5.91 Å². The van der Waals surface area contributed by atoms with Crippen LogP contribution >= 0.6 is 0 Å². The molecule has 3 rings (SSSR count). The summed E-state index contributed by atoms with van der Waals surface area (Å²) in [6.07, 6.45) is 5.46. The van der Waals surface area contributed by atoms with Crippen molar-refractivity contribution in [2.24, 2.45) is 0 Å². The highest BCUT2D eigenvalue weighted by atomic mass is 16.5. The molecule has 1 aromatic carbocycles. The molecule has 1 N–H and O–H groups in total. The summed E-state index contributed by atoms with van der Waals surface area (Å²) in [5.74, 6) is 1.41. The van der Waals surface area contributed by atoms with Crippen LogP contribution in [-0.2, 0) is 11.2 Å². The molecule has 2 aliphatic rings. The van der Waals surface area contributed by atoms with Gasteiger partial charge in [-0.3, -0.25) is 4.79 Å². The molecule has 1 fully saturated rings. The van der Waals surface area contributed by atoms with Crippen LogP contribution in [0.15, 0.2) is 18.2 Å². The molecule has 114 valence electrons. The number of carbonyl (C=O) groups excluding carboxylic acids is 1. The summed E-state index contributed by atoms with van der Waals surface area (Å²) in [5, 5.41) is 3.03. The van der Waals surface area contributed by atoms with Gasteiger partial charge in [-0.25, -0.2) is 0 Å². The van der Waals surface area contributed by atoms with Crippen molar-refractivity contribution in [3.63, 3.8) is 0 Å². The highest BCUT2D eigenvalue weighted by molar-refractivity contribution is 5.78. The Balaban J connectivity index is 1.59. The molecule has 0 radical (unpaired) electrons. The Kier molecular flexibility index (Phi) is 3.79. The number of hydrogen-bond acceptors (Lipinski definition) is 3. The second-order valence-corrected chi connectivity index (χ2v) is 6.62. The van der Waals surface area contributed by atoms with Gasteiger partial charge in [-0.1, -0.05) is 25.0 Å². The molecule has 1 aliphatic carbocycles. The summed E-state index contributed by atoms with van der Waals surface area (Å²) in [4.78, 5) is 11.9. The van der Waals surface area contributed by atoms with Crippen molar-refractivity contribution in [3.8, 4) is 11.5 Å². The first-order valence-corrected chi connectivity index (χ1v) is 7.77. The molecule has 0 saturated heterocycles. The van der Waals surface area contributed by atoms with Crippen LogP contribution in [0.4, 0.5) is 0 Å². The fourth-order valence-corrected chi connectivity index (χ4v) is 3.18. The molecular formula is C17H23NO3. The third kappa shape index (κ3) is 3.31. The number of fused-ring (bicyclic) bond motifs is 1. The Morgan fingerprint density at radius 2 is 2.14 bits per heavy atom. The molecule has 21 heavy (non-hydrogen) atoms. The van der Waals surface area contributed by atoms with Crippen LogP contribution in [0, 0.1) is 0 Å². The van der Waals surface area contributed by atoms with E-state index in [-0.39, 0.29) is 18.1 Å². The maximum atomic E-state index is 11.9. The molecule has 1 saturated carbocycles. The molecule has 0 spiro atoms. The van der Waals surface area contributed by atoms with Crippen LogP contribution in [0.25, 0.3) is 0 Å². The van der Waals surface area contributed by atoms with E-state index in [4.69, 9.17) is 9.47 Å². The van der Waals surface area contributed by atoms with Gasteiger partial charge in [-0.05, 0) is 32.8 Å². The van der Waals surface area contributed by atoms with Gasteiger partial charge in [-0.15, -0.1) is 0 Å². The molecule has 1 aliphatic heterocycles. The Hall–Kier alpha value is -1.71. The minimum atomic E-state index is -0.200. The lowest BCUT2D eigenvalue weighted by molar-refractivity contribution is -0.123. The van der Waals surface area contributed by atoms with E-state index in [1.165, 1.54) is 12.8 Å². The average Bonchev–Trinajstić information content (AvgIpc) is 3.01. The van der Waals surface area contributed by atoms with Crippen molar-refractivity contribution < 1.29 is 14.3 Å². The topological polar surface area (TPSA) is 47.6 Å². The van der Waals surface area contributed by atoms with Crippen molar-refractivity contribution in [1.29, 1.82) is 0 Å². The summed E-state index contributed by atoms with van der Waals surface area (Å²) in [7, 11) is 0. The number of rotatable bonds is 4. The summed E-state index contributed by atoms with van der Waals surface area (Å²) in [6, 6.07) is 6.20. The number of nitrogens with one attached hydrogen (secondary N) is 1. The minimum Gasteiger partial charge on any atom is -0.483 e. The maximum absolute atomic E-state index is 11.9. The fourth-order valence-electron chi connectivity index (χ4n) is 3.18. The Morgan fingerprint density at radius 1 is 1.38 bits per heavy atom. The molecule has 4 nitrogen and oxygen atoms in total. The van der Waals surface area contributed by atoms with Gasteiger partial charge in [0.15, 0.2) is 18.1 Å². The second kappa shape index (κ2) is 5.58. The molecule has 1 amide bonds. The smallest absolute Gasteiger partial charge is 0.258 e. The third-order valence-corrected chi connectivity index (χ3v) is 4.13. The Morgan fingerprint density at radius 3 is 2.90 bits per heavy atom. The highest BCUT2D eigenvalue weighted by Gasteiger charge is 2.32. The van der Waals surface area contributed by atoms with E-state index in [9.17, 15) is 4.79 Å². The van der Waals surface area contributed by atoms with Gasteiger partial charge in [0.05, 0.1) is 0 Å². The second-order valence-electron chi connectivity index (χ2n) is 6.62. The summed E-state index contributed by atoms with van der Waals surface area (Å²) in [5.41, 5.74) is 0.946. The molecule has 1 aromatic rings. The molecule has 0 atom stereocenters. The van der Waals surface area contributed by atoms with Crippen molar-refractivity contribution in [2.45, 2.75) is 57.6 Å². The van der Waals surface area contributed by atoms with Gasteiger partial charge in [0.1, 0.15) is 5.60 Å². The van der Waals surface area contributed by atoms with Gasteiger partial charge in [-0.2, -0.15) is 0 Å². The number of para-hydroxylation sites is 1. The first-order chi connectivity index (χ1) is 10.0. The van der Waals surface area contributed by atoms with Crippen LogP contribution in [0.2, 0.25) is 0 Å². The lowest BCUT2D eigenvalue weighted by Gasteiger charge is -2.18. The first kappa shape index (κ1) is 14.2. The van der Waals surface area contributed by atoms with Crippen LogP contribution < -0.4 is 14.8 Å². The first-order valence-electron chi connectivity index (χ1n) is 7.77.